The van der Waals surface area contributed by atoms with Gasteiger partial charge in [0.05, 0.1) is 0 Å². The summed E-state index contributed by atoms with van der Waals surface area (Å²) in [6.45, 7) is 2.62. The maximum atomic E-state index is 2.48. The summed E-state index contributed by atoms with van der Waals surface area (Å²) >= 11 is 0. The molecule has 1 nitrogen and oxygen atoms in total. The second-order valence-corrected chi connectivity index (χ2v) is 3.38. The molecule has 0 amide bonds. The van der Waals surface area contributed by atoms with Crippen molar-refractivity contribution >= 4 is 0 Å². The van der Waals surface area contributed by atoms with Crippen molar-refractivity contribution in [2.24, 2.45) is 0 Å². The molecule has 0 unspecified atom stereocenters. The lowest BCUT2D eigenvalue weighted by Gasteiger charge is -2.20. The molecule has 0 radical (unpaired) electrons. The lowest BCUT2D eigenvalue weighted by atomic mass is 9.93. The molecule has 56 valence electrons. The van der Waals surface area contributed by atoms with Crippen LogP contribution in [0, 0.1) is 0 Å². The average molecular weight is 137 g/mol. The smallest absolute Gasteiger partial charge is 0.0173 e. The van der Waals surface area contributed by atoms with Crippen LogP contribution in [0.2, 0.25) is 0 Å². The fraction of sp³-hybridized carbons (Fsp3) is 0.778. The van der Waals surface area contributed by atoms with Crippen molar-refractivity contribution in [3.8, 4) is 0 Å². The van der Waals surface area contributed by atoms with Crippen LogP contribution in [0.15, 0.2) is 11.8 Å². The van der Waals surface area contributed by atoms with E-state index in [0.29, 0.717) is 0 Å². The van der Waals surface area contributed by atoms with Crippen molar-refractivity contribution in [3.63, 3.8) is 0 Å². The topological polar surface area (TPSA) is 3.24 Å². The Bertz CT molecular complexity index is 137. The molecule has 0 aromatic carbocycles. The summed E-state index contributed by atoms with van der Waals surface area (Å²) < 4.78 is 0. The highest BCUT2D eigenvalue weighted by atomic mass is 15.1. The van der Waals surface area contributed by atoms with Crippen LogP contribution in [0.3, 0.4) is 0 Å². The van der Waals surface area contributed by atoms with E-state index < -0.39 is 0 Å². The van der Waals surface area contributed by atoms with Gasteiger partial charge in [-0.25, -0.2) is 0 Å². The fourth-order valence-electron chi connectivity index (χ4n) is 1.64. The lowest BCUT2D eigenvalue weighted by molar-refractivity contribution is 0.450. The van der Waals surface area contributed by atoms with Gasteiger partial charge >= 0.3 is 0 Å². The zero-order valence-corrected chi connectivity index (χ0v) is 6.47. The van der Waals surface area contributed by atoms with Crippen molar-refractivity contribution in [2.45, 2.75) is 32.1 Å². The van der Waals surface area contributed by atoms with Gasteiger partial charge in [-0.05, 0) is 38.3 Å². The molecule has 1 aliphatic heterocycles. The van der Waals surface area contributed by atoms with E-state index in [1.165, 1.54) is 45.2 Å². The molecule has 0 aromatic rings. The molecule has 2 rings (SSSR count). The lowest BCUT2D eigenvalue weighted by Crippen LogP contribution is -2.13. The first-order valence-corrected chi connectivity index (χ1v) is 4.39. The first-order chi connectivity index (χ1) is 4.95. The summed E-state index contributed by atoms with van der Waals surface area (Å²) in [6, 6.07) is 0. The third-order valence-electron chi connectivity index (χ3n) is 2.50. The molecule has 10 heavy (non-hydrogen) atoms. The SMILES string of the molecule is C(=C1CCC1)N1CCCC1. The number of nitrogens with zero attached hydrogens (tertiary/aromatic N) is 1. The fourth-order valence-corrected chi connectivity index (χ4v) is 1.64. The standard InChI is InChI=1S/C9H15N/c1-2-7-10(6-1)8-9-4-3-5-9/h8H,1-7H2. The molecule has 1 heteroatoms. The summed E-state index contributed by atoms with van der Waals surface area (Å²) in [5.41, 5.74) is 1.68. The Balaban J connectivity index is 1.87. The Morgan fingerprint density at radius 1 is 1.00 bits per heavy atom. The van der Waals surface area contributed by atoms with E-state index in [-0.39, 0.29) is 0 Å². The van der Waals surface area contributed by atoms with Gasteiger partial charge in [0.15, 0.2) is 0 Å². The highest BCUT2D eigenvalue weighted by Crippen LogP contribution is 2.26. The van der Waals surface area contributed by atoms with Gasteiger partial charge in [0.2, 0.25) is 0 Å². The van der Waals surface area contributed by atoms with Gasteiger partial charge in [-0.3, -0.25) is 0 Å². The third kappa shape index (κ3) is 1.18. The van der Waals surface area contributed by atoms with E-state index in [0.717, 1.165) is 0 Å². The molecule has 2 fully saturated rings. The molecule has 2 aliphatic rings. The molecule has 0 bridgehead atoms. The van der Waals surface area contributed by atoms with Gasteiger partial charge in [0, 0.05) is 13.1 Å². The zero-order valence-electron chi connectivity index (χ0n) is 6.47. The van der Waals surface area contributed by atoms with Crippen molar-refractivity contribution in [1.29, 1.82) is 0 Å². The number of allylic oxidation sites excluding steroid dienone is 1. The van der Waals surface area contributed by atoms with Crippen LogP contribution >= 0.6 is 0 Å². The normalized spacial score (nSPS) is 24.8. The Hall–Kier alpha value is -0.460. The van der Waals surface area contributed by atoms with Crippen LogP contribution in [-0.4, -0.2) is 18.0 Å². The molecular weight excluding hydrogens is 122 g/mol. The van der Waals surface area contributed by atoms with Gasteiger partial charge in [0.1, 0.15) is 0 Å². The van der Waals surface area contributed by atoms with Crippen LogP contribution in [0.1, 0.15) is 32.1 Å². The Labute approximate surface area is 62.7 Å². The molecule has 1 aliphatic carbocycles. The second kappa shape index (κ2) is 2.65. The molecular formula is C9H15N. The summed E-state index contributed by atoms with van der Waals surface area (Å²) in [4.78, 5) is 2.48. The molecule has 1 saturated carbocycles. The average Bonchev–Trinajstić information content (AvgIpc) is 2.29. The Morgan fingerprint density at radius 2 is 1.70 bits per heavy atom. The van der Waals surface area contributed by atoms with Crippen molar-refractivity contribution in [1.82, 2.24) is 4.90 Å². The van der Waals surface area contributed by atoms with Crippen molar-refractivity contribution < 1.29 is 0 Å². The van der Waals surface area contributed by atoms with E-state index in [4.69, 9.17) is 0 Å². The number of rotatable bonds is 1. The van der Waals surface area contributed by atoms with Crippen LogP contribution in [0.4, 0.5) is 0 Å². The Morgan fingerprint density at radius 3 is 2.20 bits per heavy atom. The number of hydrogen-bond donors (Lipinski definition) is 0. The predicted molar refractivity (Wildman–Crippen MR) is 42.7 cm³/mol. The number of hydrogen-bond acceptors (Lipinski definition) is 1. The Kier molecular flexibility index (Phi) is 1.66. The molecule has 0 aromatic heterocycles. The van der Waals surface area contributed by atoms with Gasteiger partial charge in [0.25, 0.3) is 0 Å². The van der Waals surface area contributed by atoms with Crippen LogP contribution < -0.4 is 0 Å². The first-order valence-electron chi connectivity index (χ1n) is 4.39. The highest BCUT2D eigenvalue weighted by molar-refractivity contribution is 5.09. The predicted octanol–water partition coefficient (Wildman–Crippen LogP) is 2.15. The highest BCUT2D eigenvalue weighted by Gasteiger charge is 2.12. The molecule has 1 heterocycles. The van der Waals surface area contributed by atoms with E-state index in [9.17, 15) is 0 Å². The van der Waals surface area contributed by atoms with Crippen LogP contribution in [-0.2, 0) is 0 Å². The van der Waals surface area contributed by atoms with Crippen LogP contribution in [0.5, 0.6) is 0 Å². The van der Waals surface area contributed by atoms with Gasteiger partial charge in [-0.1, -0.05) is 5.57 Å². The molecule has 0 N–H and O–H groups in total. The molecule has 1 saturated heterocycles. The molecule has 0 spiro atoms. The van der Waals surface area contributed by atoms with Crippen molar-refractivity contribution in [2.75, 3.05) is 13.1 Å². The maximum Gasteiger partial charge on any atom is 0.0173 e. The van der Waals surface area contributed by atoms with E-state index in [1.807, 2.05) is 0 Å². The first kappa shape index (κ1) is 6.26. The zero-order chi connectivity index (χ0) is 6.81. The number of likely N-dealkylation sites (tertiary alicyclic amines) is 1. The van der Waals surface area contributed by atoms with Crippen LogP contribution in [0.25, 0.3) is 0 Å². The van der Waals surface area contributed by atoms with Crippen molar-refractivity contribution in [3.05, 3.63) is 11.8 Å². The molecule has 0 atom stereocenters. The van der Waals surface area contributed by atoms with E-state index >= 15 is 0 Å². The second-order valence-electron chi connectivity index (χ2n) is 3.38. The van der Waals surface area contributed by atoms with Gasteiger partial charge in [-0.15, -0.1) is 0 Å². The summed E-state index contributed by atoms with van der Waals surface area (Å²) in [5, 5.41) is 0. The quantitative estimate of drug-likeness (QED) is 0.535. The maximum absolute atomic E-state index is 2.48. The minimum absolute atomic E-state index is 1.31. The van der Waals surface area contributed by atoms with E-state index in [1.54, 1.807) is 5.57 Å². The van der Waals surface area contributed by atoms with Gasteiger partial charge < -0.3 is 4.90 Å². The minimum Gasteiger partial charge on any atom is -0.377 e. The minimum atomic E-state index is 1.31. The summed E-state index contributed by atoms with van der Waals surface area (Å²) in [7, 11) is 0. The monoisotopic (exact) mass is 137 g/mol. The summed E-state index contributed by atoms with van der Waals surface area (Å²) in [5.74, 6) is 0. The largest absolute Gasteiger partial charge is 0.377 e. The van der Waals surface area contributed by atoms with Gasteiger partial charge in [-0.2, -0.15) is 0 Å². The third-order valence-corrected chi connectivity index (χ3v) is 2.50. The van der Waals surface area contributed by atoms with E-state index in [2.05, 4.69) is 11.1 Å². The summed E-state index contributed by atoms with van der Waals surface area (Å²) in [6.07, 6.45) is 9.39.